The number of nitrogens with zero attached hydrogens (tertiary/aromatic N) is 3. The van der Waals surface area contributed by atoms with Gasteiger partial charge >= 0.3 is 0 Å². The summed E-state index contributed by atoms with van der Waals surface area (Å²) in [5.41, 5.74) is 3.90. The van der Waals surface area contributed by atoms with Crippen molar-refractivity contribution in [2.24, 2.45) is 0 Å². The predicted octanol–water partition coefficient (Wildman–Crippen LogP) is 6.63. The predicted molar refractivity (Wildman–Crippen MR) is 158 cm³/mol. The third-order valence-electron chi connectivity index (χ3n) is 7.93. The van der Waals surface area contributed by atoms with Gasteiger partial charge in [-0.3, -0.25) is 14.6 Å². The summed E-state index contributed by atoms with van der Waals surface area (Å²) < 4.78 is 27.3. The highest BCUT2D eigenvalue weighted by molar-refractivity contribution is 6.05. The van der Waals surface area contributed by atoms with Crippen LogP contribution in [0.5, 0.6) is 5.75 Å². The van der Waals surface area contributed by atoms with E-state index in [0.29, 0.717) is 11.3 Å². The summed E-state index contributed by atoms with van der Waals surface area (Å²) in [7, 11) is 1.64. The van der Waals surface area contributed by atoms with E-state index in [1.807, 2.05) is 42.5 Å². The van der Waals surface area contributed by atoms with Gasteiger partial charge in [-0.2, -0.15) is 0 Å². The number of phenols is 1. The van der Waals surface area contributed by atoms with E-state index in [4.69, 9.17) is 0 Å². The Morgan fingerprint density at radius 2 is 1.54 bits per heavy atom. The maximum atomic E-state index is 13.8. The third kappa shape index (κ3) is 6.47. The maximum Gasteiger partial charge on any atom is 0.258 e. The number of carbonyl (C=O) groups excluding carboxylic acids is 1. The second-order valence-corrected chi connectivity index (χ2v) is 10.9. The van der Waals surface area contributed by atoms with E-state index in [0.717, 1.165) is 36.3 Å². The van der Waals surface area contributed by atoms with Gasteiger partial charge in [0.25, 0.3) is 5.91 Å². The van der Waals surface area contributed by atoms with Crippen LogP contribution in [-0.2, 0) is 6.54 Å². The Hall–Kier alpha value is -4.07. The SMILES string of the molecule is C[C@@H]1CN(C(c2cccc(O)c2)c2cccc(C(=O)N(C)c3cccc(F)c3)c2)[C@@H](C)CN1Cc1ccc(F)cc1. The zero-order valence-corrected chi connectivity index (χ0v) is 23.5. The Morgan fingerprint density at radius 1 is 0.854 bits per heavy atom. The van der Waals surface area contributed by atoms with Gasteiger partial charge in [-0.05, 0) is 85.1 Å². The zero-order chi connectivity index (χ0) is 29.1. The molecule has 0 spiro atoms. The molecule has 1 heterocycles. The van der Waals surface area contributed by atoms with Crippen molar-refractivity contribution in [2.45, 2.75) is 38.5 Å². The van der Waals surface area contributed by atoms with Crippen LogP contribution >= 0.6 is 0 Å². The fourth-order valence-corrected chi connectivity index (χ4v) is 5.74. The molecule has 0 aliphatic carbocycles. The van der Waals surface area contributed by atoms with Gasteiger partial charge < -0.3 is 10.0 Å². The zero-order valence-electron chi connectivity index (χ0n) is 23.5. The summed E-state index contributed by atoms with van der Waals surface area (Å²) in [5, 5.41) is 10.4. The Bertz CT molecular complexity index is 1510. The van der Waals surface area contributed by atoms with Crippen molar-refractivity contribution in [1.82, 2.24) is 9.80 Å². The topological polar surface area (TPSA) is 47.0 Å². The lowest BCUT2D eigenvalue weighted by Gasteiger charge is -2.47. The summed E-state index contributed by atoms with van der Waals surface area (Å²) in [6, 6.07) is 27.6. The maximum absolute atomic E-state index is 13.8. The molecule has 5 rings (SSSR count). The van der Waals surface area contributed by atoms with Gasteiger partial charge in [-0.25, -0.2) is 8.78 Å². The van der Waals surface area contributed by atoms with Crippen LogP contribution in [0.3, 0.4) is 0 Å². The highest BCUT2D eigenvalue weighted by Gasteiger charge is 2.35. The van der Waals surface area contributed by atoms with Crippen LogP contribution in [0.4, 0.5) is 14.5 Å². The van der Waals surface area contributed by atoms with E-state index in [1.54, 1.807) is 37.4 Å². The van der Waals surface area contributed by atoms with Crippen molar-refractivity contribution in [3.05, 3.63) is 131 Å². The molecule has 212 valence electrons. The minimum Gasteiger partial charge on any atom is -0.508 e. The number of phenolic OH excluding ortho intramolecular Hbond substituents is 1. The molecule has 7 heteroatoms. The Morgan fingerprint density at radius 3 is 2.24 bits per heavy atom. The molecule has 4 aromatic carbocycles. The monoisotopic (exact) mass is 555 g/mol. The van der Waals surface area contributed by atoms with Crippen molar-refractivity contribution >= 4 is 11.6 Å². The molecular formula is C34H35F2N3O2. The highest BCUT2D eigenvalue weighted by atomic mass is 19.1. The first kappa shape index (κ1) is 28.5. The fraction of sp³-hybridized carbons (Fsp3) is 0.265. The second-order valence-electron chi connectivity index (χ2n) is 10.9. The van der Waals surface area contributed by atoms with Gasteiger partial charge in [-0.1, -0.05) is 42.5 Å². The molecule has 4 aromatic rings. The second kappa shape index (κ2) is 12.2. The molecular weight excluding hydrogens is 520 g/mol. The van der Waals surface area contributed by atoms with Gasteiger partial charge in [0, 0.05) is 50.0 Å². The lowest BCUT2D eigenvalue weighted by molar-refractivity contribution is 0.0195. The first-order chi connectivity index (χ1) is 19.7. The Kier molecular flexibility index (Phi) is 8.47. The summed E-state index contributed by atoms with van der Waals surface area (Å²) in [6.07, 6.45) is 0. The van der Waals surface area contributed by atoms with Gasteiger partial charge in [0.2, 0.25) is 0 Å². The highest BCUT2D eigenvalue weighted by Crippen LogP contribution is 2.35. The average Bonchev–Trinajstić information content (AvgIpc) is 2.96. The number of piperazine rings is 1. The summed E-state index contributed by atoms with van der Waals surface area (Å²) in [4.78, 5) is 19.7. The molecule has 1 aliphatic rings. The molecule has 0 aromatic heterocycles. The first-order valence-electron chi connectivity index (χ1n) is 13.9. The van der Waals surface area contributed by atoms with Crippen LogP contribution in [0.15, 0.2) is 97.1 Å². The number of hydrogen-bond donors (Lipinski definition) is 1. The van der Waals surface area contributed by atoms with Gasteiger partial charge in [0.1, 0.15) is 17.4 Å². The standard InChI is InChI=1S/C34H35F2N3O2/c1-23-21-39(24(2)20-38(23)22-25-13-15-29(35)16-14-25)33(27-8-5-12-32(40)18-27)26-7-4-9-28(17-26)34(41)37(3)31-11-6-10-30(36)19-31/h4-19,23-24,33,40H,20-22H2,1-3H3/t23-,24+,33?/m1/s1. The fourth-order valence-electron chi connectivity index (χ4n) is 5.74. The van der Waals surface area contributed by atoms with E-state index in [1.165, 1.54) is 29.2 Å². The number of rotatable bonds is 7. The molecule has 0 saturated carbocycles. The van der Waals surface area contributed by atoms with Crippen molar-refractivity contribution < 1.29 is 18.7 Å². The molecule has 1 N–H and O–H groups in total. The normalized spacial score (nSPS) is 18.7. The van der Waals surface area contributed by atoms with Gasteiger partial charge in [0.15, 0.2) is 0 Å². The largest absolute Gasteiger partial charge is 0.508 e. The van der Waals surface area contributed by atoms with Crippen LogP contribution < -0.4 is 4.90 Å². The summed E-state index contributed by atoms with van der Waals surface area (Å²) >= 11 is 0. The molecule has 1 saturated heterocycles. The lowest BCUT2D eigenvalue weighted by Crippen LogP contribution is -2.56. The van der Waals surface area contributed by atoms with Gasteiger partial charge in [-0.15, -0.1) is 0 Å². The average molecular weight is 556 g/mol. The van der Waals surface area contributed by atoms with E-state index in [2.05, 4.69) is 23.6 Å². The van der Waals surface area contributed by atoms with Crippen LogP contribution in [0.25, 0.3) is 0 Å². The molecule has 1 amide bonds. The van der Waals surface area contributed by atoms with Crippen molar-refractivity contribution in [1.29, 1.82) is 0 Å². The number of benzene rings is 4. The minimum atomic E-state index is -0.401. The Balaban J connectivity index is 1.45. The van der Waals surface area contributed by atoms with Crippen LogP contribution in [0.1, 0.15) is 46.9 Å². The van der Waals surface area contributed by atoms with Crippen LogP contribution in [0, 0.1) is 11.6 Å². The molecule has 5 nitrogen and oxygen atoms in total. The number of hydrogen-bond acceptors (Lipinski definition) is 4. The molecule has 1 fully saturated rings. The number of anilines is 1. The Labute approximate surface area is 240 Å². The summed E-state index contributed by atoms with van der Waals surface area (Å²) in [6.45, 7) is 6.66. The summed E-state index contributed by atoms with van der Waals surface area (Å²) in [5.74, 6) is -0.697. The van der Waals surface area contributed by atoms with E-state index in [9.17, 15) is 18.7 Å². The van der Waals surface area contributed by atoms with E-state index in [-0.39, 0.29) is 35.6 Å². The number of aromatic hydroxyl groups is 1. The van der Waals surface area contributed by atoms with E-state index >= 15 is 0 Å². The van der Waals surface area contributed by atoms with Crippen molar-refractivity contribution in [2.75, 3.05) is 25.0 Å². The molecule has 0 bridgehead atoms. The lowest BCUT2D eigenvalue weighted by atomic mass is 9.92. The van der Waals surface area contributed by atoms with Crippen molar-refractivity contribution in [3.8, 4) is 5.75 Å². The first-order valence-corrected chi connectivity index (χ1v) is 13.9. The molecule has 1 aliphatic heterocycles. The van der Waals surface area contributed by atoms with Crippen LogP contribution in [-0.4, -0.2) is 53.0 Å². The van der Waals surface area contributed by atoms with Crippen molar-refractivity contribution in [3.63, 3.8) is 0 Å². The third-order valence-corrected chi connectivity index (χ3v) is 7.93. The molecule has 41 heavy (non-hydrogen) atoms. The molecule has 1 unspecified atom stereocenters. The van der Waals surface area contributed by atoms with Crippen LogP contribution in [0.2, 0.25) is 0 Å². The minimum absolute atomic E-state index is 0.147. The smallest absolute Gasteiger partial charge is 0.258 e. The quantitative estimate of drug-likeness (QED) is 0.278. The van der Waals surface area contributed by atoms with E-state index < -0.39 is 5.82 Å². The molecule has 3 atom stereocenters. The number of amides is 1. The number of carbonyl (C=O) groups is 1. The number of halogens is 2. The van der Waals surface area contributed by atoms with Gasteiger partial charge in [0.05, 0.1) is 6.04 Å². The molecule has 0 radical (unpaired) electrons.